The summed E-state index contributed by atoms with van der Waals surface area (Å²) in [4.78, 5) is 17.7. The first-order valence-corrected chi connectivity index (χ1v) is 9.33. The van der Waals surface area contributed by atoms with Crippen LogP contribution in [0.2, 0.25) is 5.02 Å². The van der Waals surface area contributed by atoms with Crippen molar-refractivity contribution < 1.29 is 4.79 Å². The van der Waals surface area contributed by atoms with Crippen LogP contribution in [0.5, 0.6) is 0 Å². The SMILES string of the molecule is CC(CC(=O)Nc1ncc(Cc2ccc(Cl)cc2)s1)c1ccccc1. The third-order valence-corrected chi connectivity index (χ3v) is 5.12. The second-order valence-electron chi connectivity index (χ2n) is 6.00. The minimum Gasteiger partial charge on any atom is -0.302 e. The summed E-state index contributed by atoms with van der Waals surface area (Å²) in [6, 6.07) is 17.8. The van der Waals surface area contributed by atoms with Crippen LogP contribution in [0.25, 0.3) is 0 Å². The lowest BCUT2D eigenvalue weighted by atomic mass is 9.98. The van der Waals surface area contributed by atoms with E-state index < -0.39 is 0 Å². The number of benzene rings is 2. The largest absolute Gasteiger partial charge is 0.302 e. The number of nitrogens with one attached hydrogen (secondary N) is 1. The van der Waals surface area contributed by atoms with Crippen LogP contribution >= 0.6 is 22.9 Å². The molecule has 0 spiro atoms. The van der Waals surface area contributed by atoms with E-state index in [0.29, 0.717) is 11.6 Å². The molecule has 1 amide bonds. The summed E-state index contributed by atoms with van der Waals surface area (Å²) in [5.41, 5.74) is 2.34. The molecule has 128 valence electrons. The van der Waals surface area contributed by atoms with Crippen molar-refractivity contribution >= 4 is 34.0 Å². The fourth-order valence-corrected chi connectivity index (χ4v) is 3.59. The number of aromatic nitrogens is 1. The van der Waals surface area contributed by atoms with Gasteiger partial charge in [0.2, 0.25) is 5.91 Å². The van der Waals surface area contributed by atoms with Crippen LogP contribution in [0.3, 0.4) is 0 Å². The normalized spacial score (nSPS) is 11.9. The highest BCUT2D eigenvalue weighted by Crippen LogP contribution is 2.24. The van der Waals surface area contributed by atoms with Gasteiger partial charge in [-0.25, -0.2) is 4.98 Å². The van der Waals surface area contributed by atoms with Crippen molar-refractivity contribution in [3.05, 3.63) is 81.8 Å². The molecule has 0 bridgehead atoms. The molecule has 1 atom stereocenters. The van der Waals surface area contributed by atoms with Gasteiger partial charge in [-0.15, -0.1) is 11.3 Å². The molecule has 0 aliphatic heterocycles. The van der Waals surface area contributed by atoms with Crippen LogP contribution in [0.1, 0.15) is 35.3 Å². The third kappa shape index (κ3) is 5.15. The molecule has 1 N–H and O–H groups in total. The summed E-state index contributed by atoms with van der Waals surface area (Å²) in [5.74, 6) is 0.165. The molecule has 5 heteroatoms. The van der Waals surface area contributed by atoms with Crippen LogP contribution in [-0.4, -0.2) is 10.9 Å². The first-order valence-electron chi connectivity index (χ1n) is 8.14. The lowest BCUT2D eigenvalue weighted by Gasteiger charge is -2.10. The van der Waals surface area contributed by atoms with E-state index in [2.05, 4.69) is 17.2 Å². The van der Waals surface area contributed by atoms with Crippen LogP contribution in [0.15, 0.2) is 60.8 Å². The molecule has 1 unspecified atom stereocenters. The van der Waals surface area contributed by atoms with E-state index in [1.165, 1.54) is 22.5 Å². The standard InChI is InChI=1S/C20H19ClN2OS/c1-14(16-5-3-2-4-6-16)11-19(24)23-20-22-13-18(25-20)12-15-7-9-17(21)10-8-15/h2-10,13-14H,11-12H2,1H3,(H,22,23,24). The van der Waals surface area contributed by atoms with Gasteiger partial charge >= 0.3 is 0 Å². The molecule has 0 saturated carbocycles. The molecule has 0 fully saturated rings. The number of carbonyl (C=O) groups is 1. The van der Waals surface area contributed by atoms with E-state index in [4.69, 9.17) is 11.6 Å². The molecule has 0 saturated heterocycles. The fraction of sp³-hybridized carbons (Fsp3) is 0.200. The zero-order valence-corrected chi connectivity index (χ0v) is 15.5. The molecule has 3 nitrogen and oxygen atoms in total. The Morgan fingerprint density at radius 1 is 1.16 bits per heavy atom. The maximum Gasteiger partial charge on any atom is 0.226 e. The Balaban J connectivity index is 1.55. The zero-order chi connectivity index (χ0) is 17.6. The van der Waals surface area contributed by atoms with Gasteiger partial charge < -0.3 is 5.32 Å². The number of carbonyl (C=O) groups excluding carboxylic acids is 1. The number of nitrogens with zero attached hydrogens (tertiary/aromatic N) is 1. The van der Waals surface area contributed by atoms with Gasteiger partial charge in [0.15, 0.2) is 5.13 Å². The van der Waals surface area contributed by atoms with Crippen molar-refractivity contribution in [3.63, 3.8) is 0 Å². The van der Waals surface area contributed by atoms with Crippen molar-refractivity contribution in [2.45, 2.75) is 25.7 Å². The molecule has 25 heavy (non-hydrogen) atoms. The molecule has 1 heterocycles. The van der Waals surface area contributed by atoms with Gasteiger partial charge in [-0.2, -0.15) is 0 Å². The zero-order valence-electron chi connectivity index (χ0n) is 13.9. The summed E-state index contributed by atoms with van der Waals surface area (Å²) >= 11 is 7.41. The Labute approximate surface area is 156 Å². The lowest BCUT2D eigenvalue weighted by Crippen LogP contribution is -2.14. The average Bonchev–Trinajstić information content (AvgIpc) is 3.04. The Hall–Kier alpha value is -2.17. The fourth-order valence-electron chi connectivity index (χ4n) is 2.60. The van der Waals surface area contributed by atoms with E-state index in [0.717, 1.165) is 16.3 Å². The predicted octanol–water partition coefficient (Wildman–Crippen LogP) is 5.52. The Bertz CT molecular complexity index is 830. The minimum atomic E-state index is -0.0104. The molecule has 0 radical (unpaired) electrons. The summed E-state index contributed by atoms with van der Waals surface area (Å²) in [5, 5.41) is 4.28. The maximum absolute atomic E-state index is 12.2. The predicted molar refractivity (Wildman–Crippen MR) is 104 cm³/mol. The number of halogens is 1. The van der Waals surface area contributed by atoms with Gasteiger partial charge in [-0.05, 0) is 29.2 Å². The van der Waals surface area contributed by atoms with Crippen molar-refractivity contribution in [3.8, 4) is 0 Å². The Morgan fingerprint density at radius 3 is 2.60 bits per heavy atom. The summed E-state index contributed by atoms with van der Waals surface area (Å²) in [7, 11) is 0. The molecule has 3 rings (SSSR count). The Kier molecular flexibility index (Phi) is 5.84. The molecule has 3 aromatic rings. The van der Waals surface area contributed by atoms with E-state index in [-0.39, 0.29) is 11.8 Å². The van der Waals surface area contributed by atoms with Crippen LogP contribution in [0, 0.1) is 0 Å². The van der Waals surface area contributed by atoms with Crippen molar-refractivity contribution in [1.82, 2.24) is 4.98 Å². The topological polar surface area (TPSA) is 42.0 Å². The summed E-state index contributed by atoms with van der Waals surface area (Å²) in [6.45, 7) is 2.06. The number of thiazole rings is 1. The van der Waals surface area contributed by atoms with Gasteiger partial charge in [0.05, 0.1) is 0 Å². The van der Waals surface area contributed by atoms with E-state index in [1.54, 1.807) is 0 Å². The highest BCUT2D eigenvalue weighted by atomic mass is 35.5. The van der Waals surface area contributed by atoms with Gasteiger partial charge in [0.25, 0.3) is 0 Å². The van der Waals surface area contributed by atoms with Crippen molar-refractivity contribution in [1.29, 1.82) is 0 Å². The number of hydrogen-bond acceptors (Lipinski definition) is 3. The van der Waals surface area contributed by atoms with E-state index >= 15 is 0 Å². The number of amides is 1. The monoisotopic (exact) mass is 370 g/mol. The van der Waals surface area contributed by atoms with Gasteiger partial charge in [-0.1, -0.05) is 61.0 Å². The smallest absolute Gasteiger partial charge is 0.226 e. The first-order chi connectivity index (χ1) is 12.1. The number of anilines is 1. The third-order valence-electron chi connectivity index (χ3n) is 3.95. The first kappa shape index (κ1) is 17.6. The van der Waals surface area contributed by atoms with Gasteiger partial charge in [-0.3, -0.25) is 4.79 Å². The average molecular weight is 371 g/mol. The second kappa shape index (κ2) is 8.28. The second-order valence-corrected chi connectivity index (χ2v) is 7.55. The highest BCUT2D eigenvalue weighted by Gasteiger charge is 2.13. The highest BCUT2D eigenvalue weighted by molar-refractivity contribution is 7.15. The van der Waals surface area contributed by atoms with E-state index in [9.17, 15) is 4.79 Å². The van der Waals surface area contributed by atoms with Crippen LogP contribution < -0.4 is 5.32 Å². The lowest BCUT2D eigenvalue weighted by molar-refractivity contribution is -0.116. The molecular formula is C20H19ClN2OS. The maximum atomic E-state index is 12.2. The van der Waals surface area contributed by atoms with Crippen LogP contribution in [0.4, 0.5) is 5.13 Å². The van der Waals surface area contributed by atoms with Crippen LogP contribution in [-0.2, 0) is 11.2 Å². The molecule has 0 aliphatic rings. The molecule has 1 aromatic heterocycles. The Morgan fingerprint density at radius 2 is 1.88 bits per heavy atom. The number of hydrogen-bond donors (Lipinski definition) is 1. The number of rotatable bonds is 6. The quantitative estimate of drug-likeness (QED) is 0.620. The minimum absolute atomic E-state index is 0.0104. The summed E-state index contributed by atoms with van der Waals surface area (Å²) < 4.78 is 0. The molecule has 0 aliphatic carbocycles. The van der Waals surface area contributed by atoms with E-state index in [1.807, 2.05) is 60.8 Å². The molecule has 2 aromatic carbocycles. The molecular weight excluding hydrogens is 352 g/mol. The van der Waals surface area contributed by atoms with Gasteiger partial charge in [0, 0.05) is 28.9 Å². The van der Waals surface area contributed by atoms with Gasteiger partial charge in [0.1, 0.15) is 0 Å². The van der Waals surface area contributed by atoms with Crippen molar-refractivity contribution in [2.75, 3.05) is 5.32 Å². The summed E-state index contributed by atoms with van der Waals surface area (Å²) in [6.07, 6.45) is 3.04. The van der Waals surface area contributed by atoms with Crippen molar-refractivity contribution in [2.24, 2.45) is 0 Å².